The van der Waals surface area contributed by atoms with Crippen molar-refractivity contribution in [3.63, 3.8) is 0 Å². The molecular formula is C17H18S. The highest BCUT2D eigenvalue weighted by atomic mass is 32.1. The van der Waals surface area contributed by atoms with Crippen molar-refractivity contribution in [3.05, 3.63) is 57.8 Å². The van der Waals surface area contributed by atoms with Crippen molar-refractivity contribution >= 4 is 23.0 Å². The van der Waals surface area contributed by atoms with Gasteiger partial charge >= 0.3 is 0 Å². The molecule has 0 amide bonds. The molecule has 1 unspecified atom stereocenters. The van der Waals surface area contributed by atoms with Crippen molar-refractivity contribution < 1.29 is 0 Å². The van der Waals surface area contributed by atoms with Crippen molar-refractivity contribution in [2.24, 2.45) is 5.41 Å². The van der Waals surface area contributed by atoms with Gasteiger partial charge in [0.2, 0.25) is 0 Å². The van der Waals surface area contributed by atoms with E-state index in [1.807, 2.05) is 11.3 Å². The lowest BCUT2D eigenvalue weighted by Gasteiger charge is -2.39. The van der Waals surface area contributed by atoms with E-state index in [1.165, 1.54) is 21.6 Å². The Labute approximate surface area is 113 Å². The molecule has 1 heteroatoms. The van der Waals surface area contributed by atoms with E-state index in [0.717, 1.165) is 0 Å². The van der Waals surface area contributed by atoms with Gasteiger partial charge in [0.1, 0.15) is 0 Å². The summed E-state index contributed by atoms with van der Waals surface area (Å²) in [5.74, 6) is 0.552. The SMILES string of the molecule is CC1c2ccccc2C=C(c2cccs2)C1(C)C. The van der Waals surface area contributed by atoms with Gasteiger partial charge in [0.15, 0.2) is 0 Å². The van der Waals surface area contributed by atoms with Crippen molar-refractivity contribution in [1.29, 1.82) is 0 Å². The summed E-state index contributed by atoms with van der Waals surface area (Å²) in [5.41, 5.74) is 4.53. The van der Waals surface area contributed by atoms with Gasteiger partial charge in [0, 0.05) is 4.88 Å². The van der Waals surface area contributed by atoms with Gasteiger partial charge < -0.3 is 0 Å². The zero-order valence-electron chi connectivity index (χ0n) is 11.1. The van der Waals surface area contributed by atoms with Crippen LogP contribution < -0.4 is 0 Å². The first-order valence-corrected chi connectivity index (χ1v) is 7.33. The molecule has 0 spiro atoms. The first-order chi connectivity index (χ1) is 8.60. The van der Waals surface area contributed by atoms with Crippen LogP contribution in [0.3, 0.4) is 0 Å². The van der Waals surface area contributed by atoms with Gasteiger partial charge in [-0.2, -0.15) is 0 Å². The van der Waals surface area contributed by atoms with Crippen LogP contribution in [0.1, 0.15) is 42.7 Å². The molecule has 0 saturated heterocycles. The van der Waals surface area contributed by atoms with E-state index < -0.39 is 0 Å². The molecule has 0 fully saturated rings. The second-order valence-electron chi connectivity index (χ2n) is 5.61. The molecule has 0 saturated carbocycles. The molecule has 1 aromatic carbocycles. The molecule has 3 rings (SSSR count). The van der Waals surface area contributed by atoms with Gasteiger partial charge in [0.25, 0.3) is 0 Å². The lowest BCUT2D eigenvalue weighted by Crippen LogP contribution is -2.25. The van der Waals surface area contributed by atoms with E-state index in [-0.39, 0.29) is 5.41 Å². The fourth-order valence-corrected chi connectivity index (χ4v) is 3.73. The normalized spacial score (nSPS) is 21.3. The number of rotatable bonds is 1. The van der Waals surface area contributed by atoms with Gasteiger partial charge in [-0.05, 0) is 45.6 Å². The fraction of sp³-hybridized carbons (Fsp3) is 0.294. The second kappa shape index (κ2) is 4.10. The minimum Gasteiger partial charge on any atom is -0.144 e. The average Bonchev–Trinajstić information content (AvgIpc) is 2.87. The Morgan fingerprint density at radius 3 is 2.56 bits per heavy atom. The van der Waals surface area contributed by atoms with Crippen molar-refractivity contribution in [2.75, 3.05) is 0 Å². The van der Waals surface area contributed by atoms with Crippen LogP contribution in [0.4, 0.5) is 0 Å². The number of fused-ring (bicyclic) bond motifs is 1. The van der Waals surface area contributed by atoms with Crippen LogP contribution in [0.2, 0.25) is 0 Å². The second-order valence-corrected chi connectivity index (χ2v) is 6.56. The van der Waals surface area contributed by atoms with Crippen molar-refractivity contribution in [2.45, 2.75) is 26.7 Å². The van der Waals surface area contributed by atoms with Gasteiger partial charge in [0.05, 0.1) is 0 Å². The molecule has 1 aliphatic carbocycles. The van der Waals surface area contributed by atoms with Crippen molar-refractivity contribution in [1.82, 2.24) is 0 Å². The molecule has 2 aromatic rings. The smallest absolute Gasteiger partial charge is 0.0308 e. The number of thiophene rings is 1. The summed E-state index contributed by atoms with van der Waals surface area (Å²) < 4.78 is 0. The largest absolute Gasteiger partial charge is 0.144 e. The molecule has 18 heavy (non-hydrogen) atoms. The van der Waals surface area contributed by atoms with Crippen LogP contribution in [0.15, 0.2) is 41.8 Å². The Bertz CT molecular complexity index is 588. The number of benzene rings is 1. The highest BCUT2D eigenvalue weighted by Gasteiger charge is 2.36. The lowest BCUT2D eigenvalue weighted by atomic mass is 9.66. The van der Waals surface area contributed by atoms with E-state index in [4.69, 9.17) is 0 Å². The monoisotopic (exact) mass is 254 g/mol. The lowest BCUT2D eigenvalue weighted by molar-refractivity contribution is 0.410. The van der Waals surface area contributed by atoms with Gasteiger partial charge in [-0.15, -0.1) is 11.3 Å². The summed E-state index contributed by atoms with van der Waals surface area (Å²) in [6.07, 6.45) is 2.38. The Morgan fingerprint density at radius 1 is 1.06 bits per heavy atom. The van der Waals surface area contributed by atoms with Crippen LogP contribution in [-0.4, -0.2) is 0 Å². The molecule has 1 atom stereocenters. The average molecular weight is 254 g/mol. The maximum absolute atomic E-state index is 2.38. The minimum absolute atomic E-state index is 0.194. The van der Waals surface area contributed by atoms with Crippen LogP contribution >= 0.6 is 11.3 Å². The standard InChI is InChI=1S/C17H18S/c1-12-14-8-5-4-7-13(14)11-15(17(12,2)3)16-9-6-10-18-16/h4-12H,1-3H3. The third-order valence-corrected chi connectivity index (χ3v) is 5.23. The predicted molar refractivity (Wildman–Crippen MR) is 80.8 cm³/mol. The molecule has 1 aromatic heterocycles. The highest BCUT2D eigenvalue weighted by molar-refractivity contribution is 7.11. The molecule has 92 valence electrons. The predicted octanol–water partition coefficient (Wildman–Crippen LogP) is 5.43. The number of hydrogen-bond donors (Lipinski definition) is 0. The third kappa shape index (κ3) is 1.65. The van der Waals surface area contributed by atoms with Crippen molar-refractivity contribution in [3.8, 4) is 0 Å². The zero-order valence-corrected chi connectivity index (χ0v) is 11.9. The summed E-state index contributed by atoms with van der Waals surface area (Å²) in [4.78, 5) is 1.40. The Hall–Kier alpha value is -1.34. The minimum atomic E-state index is 0.194. The van der Waals surface area contributed by atoms with E-state index in [9.17, 15) is 0 Å². The molecule has 0 aliphatic heterocycles. The van der Waals surface area contributed by atoms with Gasteiger partial charge in [-0.25, -0.2) is 0 Å². The topological polar surface area (TPSA) is 0 Å². The molecule has 0 N–H and O–H groups in total. The number of allylic oxidation sites excluding steroid dienone is 1. The van der Waals surface area contributed by atoms with Gasteiger partial charge in [-0.3, -0.25) is 0 Å². The first-order valence-electron chi connectivity index (χ1n) is 6.45. The molecule has 0 bridgehead atoms. The molecule has 0 radical (unpaired) electrons. The van der Waals surface area contributed by atoms with Crippen LogP contribution in [0.25, 0.3) is 11.6 Å². The van der Waals surface area contributed by atoms with E-state index in [1.54, 1.807) is 0 Å². The fourth-order valence-electron chi connectivity index (χ4n) is 2.82. The summed E-state index contributed by atoms with van der Waals surface area (Å²) >= 11 is 1.84. The zero-order chi connectivity index (χ0) is 12.8. The van der Waals surface area contributed by atoms with Crippen LogP contribution in [0.5, 0.6) is 0 Å². The maximum Gasteiger partial charge on any atom is 0.0308 e. The number of hydrogen-bond acceptors (Lipinski definition) is 1. The molecule has 1 heterocycles. The summed E-state index contributed by atoms with van der Waals surface area (Å²) in [7, 11) is 0. The third-order valence-electron chi connectivity index (χ3n) is 4.33. The van der Waals surface area contributed by atoms with E-state index >= 15 is 0 Å². The summed E-state index contributed by atoms with van der Waals surface area (Å²) in [5, 5.41) is 2.16. The van der Waals surface area contributed by atoms with Crippen LogP contribution in [0, 0.1) is 5.41 Å². The van der Waals surface area contributed by atoms with E-state index in [0.29, 0.717) is 5.92 Å². The highest BCUT2D eigenvalue weighted by Crippen LogP contribution is 2.51. The Balaban J connectivity index is 2.22. The molecular weight excluding hydrogens is 236 g/mol. The Kier molecular flexibility index (Phi) is 2.67. The Morgan fingerprint density at radius 2 is 1.83 bits per heavy atom. The molecule has 1 aliphatic rings. The quantitative estimate of drug-likeness (QED) is 0.636. The summed E-state index contributed by atoms with van der Waals surface area (Å²) in [6.45, 7) is 7.07. The summed E-state index contributed by atoms with van der Waals surface area (Å²) in [6, 6.07) is 13.2. The molecule has 0 nitrogen and oxygen atoms in total. The maximum atomic E-state index is 2.38. The first kappa shape index (κ1) is 11.7. The van der Waals surface area contributed by atoms with E-state index in [2.05, 4.69) is 68.6 Å². The van der Waals surface area contributed by atoms with Crippen LogP contribution in [-0.2, 0) is 0 Å². The van der Waals surface area contributed by atoms with Gasteiger partial charge in [-0.1, -0.05) is 51.1 Å².